The molecule has 76 valence electrons. The minimum atomic E-state index is 1.03. The second-order valence-electron chi connectivity index (χ2n) is 3.49. The number of hydrogen-bond acceptors (Lipinski definition) is 3. The zero-order chi connectivity index (χ0) is 10.4. The fourth-order valence-corrected chi connectivity index (χ4v) is 4.07. The summed E-state index contributed by atoms with van der Waals surface area (Å²) < 4.78 is 8.24. The van der Waals surface area contributed by atoms with Crippen molar-refractivity contribution in [1.29, 1.82) is 0 Å². The predicted octanol–water partition coefficient (Wildman–Crippen LogP) is 4.43. The van der Waals surface area contributed by atoms with Gasteiger partial charge in [-0.2, -0.15) is 0 Å². The molecule has 1 aromatic carbocycles. The number of ether oxygens (including phenoxy) is 1. The fraction of sp³-hybridized carbons (Fsp3) is 0.167. The van der Waals surface area contributed by atoms with Crippen molar-refractivity contribution in [2.75, 3.05) is 7.11 Å². The molecular formula is C12H10OS2. The topological polar surface area (TPSA) is 9.23 Å². The second kappa shape index (κ2) is 3.22. The molecule has 2 aromatic heterocycles. The van der Waals surface area contributed by atoms with E-state index in [1.807, 2.05) is 11.3 Å². The van der Waals surface area contributed by atoms with E-state index in [1.54, 1.807) is 18.4 Å². The summed E-state index contributed by atoms with van der Waals surface area (Å²) >= 11 is 3.60. The summed E-state index contributed by atoms with van der Waals surface area (Å²) in [7, 11) is 1.75. The largest absolute Gasteiger partial charge is 0.496 e. The van der Waals surface area contributed by atoms with Gasteiger partial charge in [0.1, 0.15) is 5.75 Å². The van der Waals surface area contributed by atoms with E-state index >= 15 is 0 Å². The first-order valence-electron chi connectivity index (χ1n) is 4.74. The first-order chi connectivity index (χ1) is 7.33. The SMILES string of the molecule is COc1c(C)c2ccsc2c2sccc12. The summed E-state index contributed by atoms with van der Waals surface area (Å²) in [5, 5.41) is 6.85. The van der Waals surface area contributed by atoms with E-state index in [0.717, 1.165) is 5.75 Å². The highest BCUT2D eigenvalue weighted by atomic mass is 32.1. The Labute approximate surface area is 95.9 Å². The molecule has 0 aliphatic carbocycles. The van der Waals surface area contributed by atoms with Crippen LogP contribution in [0.3, 0.4) is 0 Å². The molecule has 0 radical (unpaired) electrons. The number of methoxy groups -OCH3 is 1. The summed E-state index contributed by atoms with van der Waals surface area (Å²) in [6, 6.07) is 4.32. The van der Waals surface area contributed by atoms with Crippen molar-refractivity contribution < 1.29 is 4.74 Å². The van der Waals surface area contributed by atoms with Gasteiger partial charge in [-0.3, -0.25) is 0 Å². The summed E-state index contributed by atoms with van der Waals surface area (Å²) in [5.41, 5.74) is 1.25. The van der Waals surface area contributed by atoms with Crippen LogP contribution in [-0.4, -0.2) is 7.11 Å². The standard InChI is InChI=1S/C12H10OS2/c1-7-8-3-5-14-11(8)12-9(4-6-15-12)10(7)13-2/h3-6H,1-2H3. The monoisotopic (exact) mass is 234 g/mol. The lowest BCUT2D eigenvalue weighted by atomic mass is 10.1. The van der Waals surface area contributed by atoms with Gasteiger partial charge in [0, 0.05) is 16.3 Å². The lowest BCUT2D eigenvalue weighted by Gasteiger charge is -2.07. The van der Waals surface area contributed by atoms with Gasteiger partial charge in [-0.25, -0.2) is 0 Å². The van der Waals surface area contributed by atoms with Crippen LogP contribution >= 0.6 is 22.7 Å². The van der Waals surface area contributed by atoms with Crippen molar-refractivity contribution in [3.63, 3.8) is 0 Å². The van der Waals surface area contributed by atoms with E-state index < -0.39 is 0 Å². The third-order valence-corrected chi connectivity index (χ3v) is 4.72. The van der Waals surface area contributed by atoms with Gasteiger partial charge in [0.25, 0.3) is 0 Å². The van der Waals surface area contributed by atoms with Crippen molar-refractivity contribution >= 4 is 42.8 Å². The zero-order valence-electron chi connectivity index (χ0n) is 8.53. The van der Waals surface area contributed by atoms with Crippen molar-refractivity contribution in [2.24, 2.45) is 0 Å². The molecule has 0 spiro atoms. The smallest absolute Gasteiger partial charge is 0.131 e. The highest BCUT2D eigenvalue weighted by Gasteiger charge is 2.13. The van der Waals surface area contributed by atoms with Crippen LogP contribution in [0.1, 0.15) is 5.56 Å². The summed E-state index contributed by atoms with van der Waals surface area (Å²) in [4.78, 5) is 0. The average molecular weight is 234 g/mol. The minimum absolute atomic E-state index is 1.03. The Kier molecular flexibility index (Phi) is 1.97. The number of benzene rings is 1. The highest BCUT2D eigenvalue weighted by Crippen LogP contribution is 2.42. The minimum Gasteiger partial charge on any atom is -0.496 e. The van der Waals surface area contributed by atoms with E-state index in [9.17, 15) is 0 Å². The van der Waals surface area contributed by atoms with Crippen LogP contribution in [0.25, 0.3) is 20.2 Å². The van der Waals surface area contributed by atoms with Crippen LogP contribution in [0.2, 0.25) is 0 Å². The zero-order valence-corrected chi connectivity index (χ0v) is 10.2. The van der Waals surface area contributed by atoms with Gasteiger partial charge in [-0.15, -0.1) is 22.7 Å². The Balaban J connectivity index is 2.64. The molecule has 0 fully saturated rings. The molecule has 0 saturated carbocycles. The van der Waals surface area contributed by atoms with Crippen molar-refractivity contribution in [1.82, 2.24) is 0 Å². The molecule has 2 heterocycles. The van der Waals surface area contributed by atoms with E-state index in [2.05, 4.69) is 29.8 Å². The molecule has 3 heteroatoms. The van der Waals surface area contributed by atoms with Gasteiger partial charge < -0.3 is 4.74 Å². The molecule has 15 heavy (non-hydrogen) atoms. The van der Waals surface area contributed by atoms with Gasteiger partial charge in [0.05, 0.1) is 16.5 Å². The summed E-state index contributed by atoms with van der Waals surface area (Å²) in [6.45, 7) is 2.13. The van der Waals surface area contributed by atoms with Gasteiger partial charge in [0.15, 0.2) is 0 Å². The van der Waals surface area contributed by atoms with Crippen molar-refractivity contribution in [2.45, 2.75) is 6.92 Å². The molecule has 3 aromatic rings. The number of aryl methyl sites for hydroxylation is 1. The van der Waals surface area contributed by atoms with Crippen LogP contribution in [0.5, 0.6) is 5.75 Å². The lowest BCUT2D eigenvalue weighted by molar-refractivity contribution is 0.417. The Morgan fingerprint density at radius 3 is 2.27 bits per heavy atom. The number of thiophene rings is 2. The molecule has 0 bridgehead atoms. The fourth-order valence-electron chi connectivity index (χ4n) is 2.03. The van der Waals surface area contributed by atoms with Gasteiger partial charge >= 0.3 is 0 Å². The Hall–Kier alpha value is -1.06. The molecule has 0 atom stereocenters. The maximum atomic E-state index is 5.51. The van der Waals surface area contributed by atoms with E-state index in [1.165, 1.54) is 25.7 Å². The molecular weight excluding hydrogens is 224 g/mol. The molecule has 0 amide bonds. The first-order valence-corrected chi connectivity index (χ1v) is 6.50. The van der Waals surface area contributed by atoms with Crippen molar-refractivity contribution in [3.05, 3.63) is 28.5 Å². The second-order valence-corrected chi connectivity index (χ2v) is 5.32. The average Bonchev–Trinajstić information content (AvgIpc) is 2.84. The Bertz CT molecular complexity index is 633. The first kappa shape index (κ1) is 9.19. The van der Waals surface area contributed by atoms with E-state index in [-0.39, 0.29) is 0 Å². The number of fused-ring (bicyclic) bond motifs is 3. The van der Waals surface area contributed by atoms with Gasteiger partial charge in [0.2, 0.25) is 0 Å². The highest BCUT2D eigenvalue weighted by molar-refractivity contribution is 7.25. The van der Waals surface area contributed by atoms with Crippen LogP contribution in [-0.2, 0) is 0 Å². The lowest BCUT2D eigenvalue weighted by Crippen LogP contribution is -1.87. The number of hydrogen-bond donors (Lipinski definition) is 0. The van der Waals surface area contributed by atoms with Gasteiger partial charge in [-0.1, -0.05) is 0 Å². The molecule has 0 N–H and O–H groups in total. The van der Waals surface area contributed by atoms with Crippen LogP contribution in [0.4, 0.5) is 0 Å². The van der Waals surface area contributed by atoms with Crippen LogP contribution < -0.4 is 4.74 Å². The quantitative estimate of drug-likeness (QED) is 0.605. The van der Waals surface area contributed by atoms with Crippen molar-refractivity contribution in [3.8, 4) is 5.75 Å². The molecule has 1 nitrogen and oxygen atoms in total. The molecule has 3 rings (SSSR count). The molecule has 0 unspecified atom stereocenters. The molecule has 0 aliphatic heterocycles. The predicted molar refractivity (Wildman–Crippen MR) is 68.5 cm³/mol. The maximum Gasteiger partial charge on any atom is 0.131 e. The summed E-state index contributed by atoms with van der Waals surface area (Å²) in [6.07, 6.45) is 0. The van der Waals surface area contributed by atoms with E-state index in [4.69, 9.17) is 4.74 Å². The maximum absolute atomic E-state index is 5.51. The Morgan fingerprint density at radius 2 is 1.60 bits per heavy atom. The summed E-state index contributed by atoms with van der Waals surface area (Å²) in [5.74, 6) is 1.03. The third kappa shape index (κ3) is 1.13. The van der Waals surface area contributed by atoms with Gasteiger partial charge in [-0.05, 0) is 29.8 Å². The van der Waals surface area contributed by atoms with Crippen LogP contribution in [0, 0.1) is 6.92 Å². The normalized spacial score (nSPS) is 11.3. The third-order valence-electron chi connectivity index (χ3n) is 2.73. The molecule has 0 aliphatic rings. The molecule has 0 saturated heterocycles. The number of rotatable bonds is 1. The van der Waals surface area contributed by atoms with E-state index in [0.29, 0.717) is 0 Å². The Morgan fingerprint density at radius 1 is 1.00 bits per heavy atom. The van der Waals surface area contributed by atoms with Crippen LogP contribution in [0.15, 0.2) is 22.9 Å².